The Morgan fingerprint density at radius 3 is 2.50 bits per heavy atom. The molecule has 0 spiro atoms. The van der Waals surface area contributed by atoms with Crippen molar-refractivity contribution in [1.82, 2.24) is 0 Å². The van der Waals surface area contributed by atoms with E-state index in [0.29, 0.717) is 11.3 Å². The smallest absolute Gasteiger partial charge is 0.365 e. The highest BCUT2D eigenvalue weighted by Gasteiger charge is 2.06. The van der Waals surface area contributed by atoms with Gasteiger partial charge in [0.1, 0.15) is 5.75 Å². The molecular weight excluding hydrogens is 254 g/mol. The predicted molar refractivity (Wildman–Crippen MR) is 77.2 cm³/mol. The third kappa shape index (κ3) is 3.45. The van der Waals surface area contributed by atoms with Crippen molar-refractivity contribution in [1.29, 1.82) is 0 Å². The van der Waals surface area contributed by atoms with E-state index in [1.165, 1.54) is 6.21 Å². The van der Waals surface area contributed by atoms with Crippen LogP contribution in [0.5, 0.6) is 5.75 Å². The first kappa shape index (κ1) is 13.8. The second kappa shape index (κ2) is 6.52. The normalized spacial score (nSPS) is 10.5. The Hall–Kier alpha value is -2.62. The zero-order chi connectivity index (χ0) is 14.4. The zero-order valence-electron chi connectivity index (χ0n) is 11.4. The van der Waals surface area contributed by atoms with Crippen molar-refractivity contribution in [3.63, 3.8) is 0 Å². The number of methoxy groups -OCH3 is 1. The first-order valence-corrected chi connectivity index (χ1v) is 6.15. The van der Waals surface area contributed by atoms with E-state index in [4.69, 9.17) is 9.57 Å². The molecule has 0 saturated heterocycles. The van der Waals surface area contributed by atoms with Gasteiger partial charge >= 0.3 is 5.97 Å². The van der Waals surface area contributed by atoms with Gasteiger partial charge in [0.2, 0.25) is 0 Å². The Kier molecular flexibility index (Phi) is 4.50. The van der Waals surface area contributed by atoms with Gasteiger partial charge in [-0.25, -0.2) is 4.79 Å². The minimum atomic E-state index is -0.490. The fourth-order valence-corrected chi connectivity index (χ4v) is 1.65. The van der Waals surface area contributed by atoms with E-state index in [9.17, 15) is 4.79 Å². The lowest BCUT2D eigenvalue weighted by Crippen LogP contribution is -2.01. The number of aryl methyl sites for hydroxylation is 1. The highest BCUT2D eigenvalue weighted by atomic mass is 16.7. The van der Waals surface area contributed by atoms with Crippen LogP contribution in [0.15, 0.2) is 53.7 Å². The molecule has 0 aliphatic rings. The molecule has 0 N–H and O–H groups in total. The van der Waals surface area contributed by atoms with Crippen LogP contribution in [0.4, 0.5) is 0 Å². The highest BCUT2D eigenvalue weighted by molar-refractivity contribution is 5.90. The van der Waals surface area contributed by atoms with E-state index >= 15 is 0 Å². The van der Waals surface area contributed by atoms with Crippen molar-refractivity contribution in [3.8, 4) is 5.75 Å². The summed E-state index contributed by atoms with van der Waals surface area (Å²) in [7, 11) is 1.57. The van der Waals surface area contributed by atoms with Crippen molar-refractivity contribution in [2.75, 3.05) is 7.11 Å². The number of hydrogen-bond acceptors (Lipinski definition) is 4. The van der Waals surface area contributed by atoms with Crippen LogP contribution in [0, 0.1) is 6.92 Å². The molecule has 0 amide bonds. The Labute approximate surface area is 117 Å². The van der Waals surface area contributed by atoms with Gasteiger partial charge in [-0.2, -0.15) is 0 Å². The molecule has 0 saturated carbocycles. The van der Waals surface area contributed by atoms with Gasteiger partial charge in [0.25, 0.3) is 0 Å². The van der Waals surface area contributed by atoms with Crippen molar-refractivity contribution >= 4 is 12.2 Å². The van der Waals surface area contributed by atoms with E-state index in [-0.39, 0.29) is 0 Å². The van der Waals surface area contributed by atoms with E-state index in [1.54, 1.807) is 19.2 Å². The number of oxime groups is 1. The van der Waals surface area contributed by atoms with Gasteiger partial charge in [0.15, 0.2) is 0 Å². The lowest BCUT2D eigenvalue weighted by atomic mass is 10.2. The highest BCUT2D eigenvalue weighted by Crippen LogP contribution is 2.14. The molecule has 4 nitrogen and oxygen atoms in total. The second-order valence-corrected chi connectivity index (χ2v) is 4.22. The summed E-state index contributed by atoms with van der Waals surface area (Å²) in [5, 5.41) is 3.69. The summed E-state index contributed by atoms with van der Waals surface area (Å²) in [6.07, 6.45) is 1.45. The Balaban J connectivity index is 2.02. The predicted octanol–water partition coefficient (Wildman–Crippen LogP) is 3.19. The average Bonchev–Trinajstić information content (AvgIpc) is 2.48. The van der Waals surface area contributed by atoms with Crippen molar-refractivity contribution in [2.24, 2.45) is 5.16 Å². The van der Waals surface area contributed by atoms with Gasteiger partial charge in [-0.05, 0) is 31.2 Å². The van der Waals surface area contributed by atoms with Gasteiger partial charge in [-0.1, -0.05) is 35.0 Å². The molecule has 0 fully saturated rings. The van der Waals surface area contributed by atoms with Gasteiger partial charge in [-0.3, -0.25) is 0 Å². The quantitative estimate of drug-likeness (QED) is 0.486. The molecule has 0 aliphatic heterocycles. The number of carbonyl (C=O) groups is 1. The molecule has 0 atom stereocenters. The van der Waals surface area contributed by atoms with Gasteiger partial charge in [0, 0.05) is 5.56 Å². The molecule has 0 aliphatic carbocycles. The number of nitrogens with zero attached hydrogens (tertiary/aromatic N) is 1. The van der Waals surface area contributed by atoms with Crippen LogP contribution in [0.1, 0.15) is 21.5 Å². The molecule has 2 aromatic carbocycles. The van der Waals surface area contributed by atoms with Crippen molar-refractivity contribution in [3.05, 3.63) is 65.2 Å². The molecule has 2 aromatic rings. The maximum Gasteiger partial charge on any atom is 0.365 e. The van der Waals surface area contributed by atoms with Gasteiger partial charge < -0.3 is 9.57 Å². The van der Waals surface area contributed by atoms with E-state index < -0.39 is 5.97 Å². The summed E-state index contributed by atoms with van der Waals surface area (Å²) < 4.78 is 5.17. The maximum absolute atomic E-state index is 11.7. The number of benzene rings is 2. The third-order valence-electron chi connectivity index (χ3n) is 2.75. The van der Waals surface area contributed by atoms with Crippen LogP contribution < -0.4 is 4.74 Å². The van der Waals surface area contributed by atoms with E-state index in [1.807, 2.05) is 43.3 Å². The van der Waals surface area contributed by atoms with Crippen LogP contribution in [-0.2, 0) is 4.84 Å². The first-order valence-electron chi connectivity index (χ1n) is 6.15. The molecule has 0 heterocycles. The average molecular weight is 269 g/mol. The molecule has 102 valence electrons. The largest absolute Gasteiger partial charge is 0.496 e. The molecule has 4 heteroatoms. The summed E-state index contributed by atoms with van der Waals surface area (Å²) in [5.74, 6) is 0.179. The molecule has 0 aromatic heterocycles. The summed E-state index contributed by atoms with van der Waals surface area (Å²) in [4.78, 5) is 16.6. The zero-order valence-corrected chi connectivity index (χ0v) is 11.4. The Bertz CT molecular complexity index is 618. The number of rotatable bonds is 4. The molecule has 0 radical (unpaired) electrons. The monoisotopic (exact) mass is 269 g/mol. The number of hydrogen-bond donors (Lipinski definition) is 0. The molecule has 0 bridgehead atoms. The first-order chi connectivity index (χ1) is 9.70. The van der Waals surface area contributed by atoms with Gasteiger partial charge in [0.05, 0.1) is 18.9 Å². The second-order valence-electron chi connectivity index (χ2n) is 4.22. The number of para-hydroxylation sites is 1. The lowest BCUT2D eigenvalue weighted by molar-refractivity contribution is 0.0519. The van der Waals surface area contributed by atoms with Crippen LogP contribution >= 0.6 is 0 Å². The molecule has 0 unspecified atom stereocenters. The topological polar surface area (TPSA) is 47.9 Å². The molecule has 20 heavy (non-hydrogen) atoms. The molecular formula is C16H15NO3. The summed E-state index contributed by atoms with van der Waals surface area (Å²) in [5.41, 5.74) is 2.29. The minimum absolute atomic E-state index is 0.466. The number of ether oxygens (including phenoxy) is 1. The SMILES string of the molecule is COc1ccccc1/C=N\OC(=O)c1ccc(C)cc1. The van der Waals surface area contributed by atoms with Crippen molar-refractivity contribution < 1.29 is 14.4 Å². The van der Waals surface area contributed by atoms with E-state index in [2.05, 4.69) is 5.16 Å². The van der Waals surface area contributed by atoms with Gasteiger partial charge in [-0.15, -0.1) is 0 Å². The van der Waals surface area contributed by atoms with Crippen LogP contribution in [-0.4, -0.2) is 19.3 Å². The molecule has 2 rings (SSSR count). The Morgan fingerprint density at radius 2 is 1.80 bits per heavy atom. The van der Waals surface area contributed by atoms with Crippen LogP contribution in [0.25, 0.3) is 0 Å². The van der Waals surface area contributed by atoms with Crippen molar-refractivity contribution in [2.45, 2.75) is 6.92 Å². The lowest BCUT2D eigenvalue weighted by Gasteiger charge is -2.02. The minimum Gasteiger partial charge on any atom is -0.496 e. The Morgan fingerprint density at radius 1 is 1.10 bits per heavy atom. The maximum atomic E-state index is 11.7. The van der Waals surface area contributed by atoms with E-state index in [0.717, 1.165) is 11.1 Å². The number of carbonyl (C=O) groups excluding carboxylic acids is 1. The summed E-state index contributed by atoms with van der Waals surface area (Å²) in [6, 6.07) is 14.4. The van der Waals surface area contributed by atoms with Crippen LogP contribution in [0.3, 0.4) is 0 Å². The third-order valence-corrected chi connectivity index (χ3v) is 2.75. The fraction of sp³-hybridized carbons (Fsp3) is 0.125. The fourth-order valence-electron chi connectivity index (χ4n) is 1.65. The summed E-state index contributed by atoms with van der Waals surface area (Å²) in [6.45, 7) is 1.95. The standard InChI is InChI=1S/C16H15NO3/c1-12-7-9-13(10-8-12)16(18)20-17-11-14-5-3-4-6-15(14)19-2/h3-11H,1-2H3/b17-11-. The van der Waals surface area contributed by atoms with Crippen LogP contribution in [0.2, 0.25) is 0 Å². The summed E-state index contributed by atoms with van der Waals surface area (Å²) >= 11 is 0.